The van der Waals surface area contributed by atoms with E-state index < -0.39 is 31.2 Å². The Kier molecular flexibility index (Phi) is 10.8. The maximum atomic E-state index is 13.1. The Hall–Kier alpha value is -2.48. The molecule has 1 amide bonds. The fourth-order valence-electron chi connectivity index (χ4n) is 2.59. The lowest BCUT2D eigenvalue weighted by Gasteiger charge is -2.39. The van der Waals surface area contributed by atoms with Crippen molar-refractivity contribution in [2.45, 2.75) is 33.3 Å². The minimum atomic E-state index is -4.15. The zero-order valence-corrected chi connectivity index (χ0v) is 20.0. The Morgan fingerprint density at radius 2 is 1.88 bits per heavy atom. The second-order valence-corrected chi connectivity index (χ2v) is 9.08. The summed E-state index contributed by atoms with van der Waals surface area (Å²) in [5, 5.41) is 2.56. The monoisotopic (exact) mass is 471 g/mol. The number of esters is 1. The van der Waals surface area contributed by atoms with Crippen LogP contribution in [-0.2, 0) is 37.5 Å². The van der Waals surface area contributed by atoms with Gasteiger partial charge < -0.3 is 19.3 Å². The van der Waals surface area contributed by atoms with Gasteiger partial charge in [-0.3, -0.25) is 18.6 Å². The molecule has 1 N–H and O–H groups in total. The normalized spacial score (nSPS) is 21.2. The van der Waals surface area contributed by atoms with Crippen molar-refractivity contribution >= 4 is 31.2 Å². The quantitative estimate of drug-likeness (QED) is 0.363. The fraction of sp³-hybridized carbons (Fsp3) is 0.524. The number of nitrogens with one attached hydrogen (secondary N) is 1. The van der Waals surface area contributed by atoms with E-state index >= 15 is 0 Å². The maximum absolute atomic E-state index is 13.1. The summed E-state index contributed by atoms with van der Waals surface area (Å²) in [5.41, 5.74) is -0.166. The van der Waals surface area contributed by atoms with Gasteiger partial charge >= 0.3 is 13.8 Å². The molecule has 10 nitrogen and oxygen atoms in total. The summed E-state index contributed by atoms with van der Waals surface area (Å²) in [6, 6.07) is 6.43. The average molecular weight is 471 g/mol. The molecule has 1 aromatic carbocycles. The minimum absolute atomic E-state index is 0.00919. The third-order valence-electron chi connectivity index (χ3n) is 4.29. The number of hydrogen-bond acceptors (Lipinski definition) is 9. The molecule has 1 aliphatic rings. The Balaban J connectivity index is 0.00000161. The Labute approximate surface area is 187 Å². The topological polar surface area (TPSA) is 126 Å². The molecule has 0 radical (unpaired) electrons. The van der Waals surface area contributed by atoms with Crippen molar-refractivity contribution in [2.24, 2.45) is 5.41 Å². The van der Waals surface area contributed by atoms with Crippen molar-refractivity contribution in [2.75, 3.05) is 34.5 Å². The van der Waals surface area contributed by atoms with Crippen LogP contribution >= 0.6 is 7.82 Å². The molecule has 0 aromatic heterocycles. The number of amides is 1. The molecule has 1 heterocycles. The van der Waals surface area contributed by atoms with Gasteiger partial charge in [-0.1, -0.05) is 32.0 Å². The summed E-state index contributed by atoms with van der Waals surface area (Å²) >= 11 is 0. The number of methoxy groups -OCH3 is 2. The van der Waals surface area contributed by atoms with E-state index in [4.69, 9.17) is 13.6 Å². The number of ether oxygens (including phenoxy) is 2. The van der Waals surface area contributed by atoms with Crippen molar-refractivity contribution in [1.82, 2.24) is 5.32 Å². The van der Waals surface area contributed by atoms with Gasteiger partial charge in [0.1, 0.15) is 11.7 Å². The van der Waals surface area contributed by atoms with E-state index in [2.05, 4.69) is 14.8 Å². The van der Waals surface area contributed by atoms with Crippen LogP contribution in [0.15, 0.2) is 24.3 Å². The Morgan fingerprint density at radius 1 is 1.25 bits per heavy atom. The predicted octanol–water partition coefficient (Wildman–Crippen LogP) is 2.79. The van der Waals surface area contributed by atoms with Crippen LogP contribution in [0.2, 0.25) is 0 Å². The van der Waals surface area contributed by atoms with Gasteiger partial charge in [0.05, 0.1) is 20.1 Å². The number of hydrogen-bond donors (Lipinski definition) is 1. The van der Waals surface area contributed by atoms with Crippen LogP contribution in [0.3, 0.4) is 0 Å². The molecule has 11 heteroatoms. The molecule has 1 aliphatic heterocycles. The third kappa shape index (κ3) is 7.89. The lowest BCUT2D eigenvalue weighted by molar-refractivity contribution is -0.142. The predicted molar refractivity (Wildman–Crippen MR) is 117 cm³/mol. The van der Waals surface area contributed by atoms with Crippen LogP contribution in [0.5, 0.6) is 5.75 Å². The molecule has 1 saturated heterocycles. The zero-order chi connectivity index (χ0) is 24.4. The number of phosphoric acid groups is 1. The molecule has 0 aliphatic carbocycles. The number of benzene rings is 1. The van der Waals surface area contributed by atoms with Gasteiger partial charge in [-0.15, -0.1) is 0 Å². The number of rotatable bonds is 7. The summed E-state index contributed by atoms with van der Waals surface area (Å²) < 4.78 is 38.2. The fourth-order valence-corrected chi connectivity index (χ4v) is 4.27. The first-order valence-electron chi connectivity index (χ1n) is 9.72. The van der Waals surface area contributed by atoms with Gasteiger partial charge in [0.25, 0.3) is 5.91 Å². The summed E-state index contributed by atoms with van der Waals surface area (Å²) in [4.78, 5) is 34.8. The first-order chi connectivity index (χ1) is 15.0. The minimum Gasteiger partial charge on any atom is -0.469 e. The molecular formula is C21H30NO9P. The van der Waals surface area contributed by atoms with Crippen LogP contribution < -0.4 is 9.84 Å². The number of carbonyl (C=O) groups excluding carboxylic acids is 3. The van der Waals surface area contributed by atoms with Crippen LogP contribution in [-0.4, -0.2) is 58.4 Å². The van der Waals surface area contributed by atoms with E-state index in [1.54, 1.807) is 52.2 Å². The van der Waals surface area contributed by atoms with Crippen molar-refractivity contribution in [3.8, 4) is 5.75 Å². The molecule has 1 fully saturated rings. The first-order valence-corrected chi connectivity index (χ1v) is 11.2. The van der Waals surface area contributed by atoms with Crippen molar-refractivity contribution in [3.63, 3.8) is 0 Å². The smallest absolute Gasteiger partial charge is 0.469 e. The number of allylic oxidation sites excluding steroid dienone is 1. The highest BCUT2D eigenvalue weighted by molar-refractivity contribution is 7.49. The van der Waals surface area contributed by atoms with Gasteiger partial charge in [0, 0.05) is 37.3 Å². The Bertz CT molecular complexity index is 893. The maximum Gasteiger partial charge on any atom is 0.530 e. The lowest BCUT2D eigenvalue weighted by atomic mass is 9.87. The molecule has 0 spiro atoms. The van der Waals surface area contributed by atoms with Crippen LogP contribution in [0.25, 0.3) is 5.57 Å². The molecule has 0 saturated carbocycles. The van der Waals surface area contributed by atoms with Crippen molar-refractivity contribution in [3.05, 3.63) is 29.8 Å². The molecule has 178 valence electrons. The van der Waals surface area contributed by atoms with Crippen LogP contribution in [0, 0.1) is 5.41 Å². The molecule has 1 unspecified atom stereocenters. The van der Waals surface area contributed by atoms with E-state index in [-0.39, 0.29) is 30.9 Å². The SMILES string of the molecule is COC.COC(=O)CCNC(=O)[C@@H]1OP(=O)(Oc2ccccc2C(C)=C=O)OCC1(C)C. The highest BCUT2D eigenvalue weighted by Crippen LogP contribution is 2.57. The van der Waals surface area contributed by atoms with Crippen LogP contribution in [0.4, 0.5) is 0 Å². The zero-order valence-electron chi connectivity index (χ0n) is 19.1. The summed E-state index contributed by atoms with van der Waals surface area (Å²) in [6.07, 6.45) is -1.15. The van der Waals surface area contributed by atoms with E-state index in [0.29, 0.717) is 5.56 Å². The second kappa shape index (κ2) is 12.5. The van der Waals surface area contributed by atoms with E-state index in [9.17, 15) is 18.9 Å². The van der Waals surface area contributed by atoms with Gasteiger partial charge in [0.2, 0.25) is 0 Å². The summed E-state index contributed by atoms with van der Waals surface area (Å²) in [6.45, 7) is 4.95. The first kappa shape index (κ1) is 27.6. The standard InChI is InChI=1S/C19H24NO8P.C2H6O/c1-13(11-21)14-7-5-6-8-15(14)27-29(24)26-12-19(2,3)17(28-29)18(23)20-10-9-16(22)25-4;1-3-2/h5-8,17H,9-10,12H2,1-4H3,(H,20,23);1-2H3/t17-,29?;/m0./s1. The summed E-state index contributed by atoms with van der Waals surface area (Å²) in [7, 11) is 0.347. The van der Waals surface area contributed by atoms with E-state index in [0.717, 1.165) is 0 Å². The highest BCUT2D eigenvalue weighted by Gasteiger charge is 2.50. The molecule has 2 rings (SSSR count). The third-order valence-corrected chi connectivity index (χ3v) is 5.62. The number of phosphoric ester groups is 1. The van der Waals surface area contributed by atoms with E-state index in [1.165, 1.54) is 20.1 Å². The molecule has 1 aromatic rings. The van der Waals surface area contributed by atoms with Gasteiger partial charge in [-0.05, 0) is 13.0 Å². The number of para-hydroxylation sites is 1. The van der Waals surface area contributed by atoms with Gasteiger partial charge in [-0.2, -0.15) is 0 Å². The second-order valence-electron chi connectivity index (χ2n) is 7.53. The van der Waals surface area contributed by atoms with Gasteiger partial charge in [-0.25, -0.2) is 9.36 Å². The molecule has 2 atom stereocenters. The lowest BCUT2D eigenvalue weighted by Crippen LogP contribution is -2.50. The summed E-state index contributed by atoms with van der Waals surface area (Å²) in [5.74, 6) is 0.851. The van der Waals surface area contributed by atoms with E-state index in [1.807, 2.05) is 0 Å². The van der Waals surface area contributed by atoms with Crippen molar-refractivity contribution in [1.29, 1.82) is 0 Å². The number of carbonyl (C=O) groups is 2. The van der Waals surface area contributed by atoms with Gasteiger partial charge in [0.15, 0.2) is 6.10 Å². The van der Waals surface area contributed by atoms with Crippen molar-refractivity contribution < 1.29 is 42.0 Å². The molecule has 0 bridgehead atoms. The molecular weight excluding hydrogens is 441 g/mol. The molecule has 32 heavy (non-hydrogen) atoms. The average Bonchev–Trinajstić information content (AvgIpc) is 2.76. The largest absolute Gasteiger partial charge is 0.530 e. The Morgan fingerprint density at radius 3 is 2.47 bits per heavy atom. The van der Waals surface area contributed by atoms with Crippen LogP contribution in [0.1, 0.15) is 32.8 Å². The highest BCUT2D eigenvalue weighted by atomic mass is 31.2.